The molecule has 2 aromatic heterocycles. The van der Waals surface area contributed by atoms with Gasteiger partial charge in [0, 0.05) is 24.4 Å². The molecule has 1 atom stereocenters. The van der Waals surface area contributed by atoms with Crippen LogP contribution in [0.15, 0.2) is 12.4 Å². The fourth-order valence-electron chi connectivity index (χ4n) is 2.50. The Morgan fingerprint density at radius 2 is 2.05 bits per heavy atom. The van der Waals surface area contributed by atoms with E-state index in [1.807, 2.05) is 31.6 Å². The maximum absolute atomic E-state index is 5.41. The second-order valence-electron chi connectivity index (χ2n) is 4.99. The first kappa shape index (κ1) is 15.3. The van der Waals surface area contributed by atoms with Gasteiger partial charge in [0.25, 0.3) is 0 Å². The molecule has 21 heavy (non-hydrogen) atoms. The van der Waals surface area contributed by atoms with E-state index < -0.39 is 0 Å². The van der Waals surface area contributed by atoms with Gasteiger partial charge in [-0.2, -0.15) is 5.10 Å². The van der Waals surface area contributed by atoms with Crippen molar-refractivity contribution in [3.8, 4) is 5.88 Å². The Kier molecular flexibility index (Phi) is 4.77. The first-order valence-electron chi connectivity index (χ1n) is 7.28. The van der Waals surface area contributed by atoms with E-state index in [-0.39, 0.29) is 6.04 Å². The highest BCUT2D eigenvalue weighted by atomic mass is 16.5. The van der Waals surface area contributed by atoms with Crippen molar-refractivity contribution in [2.45, 2.75) is 40.2 Å². The van der Waals surface area contributed by atoms with Crippen molar-refractivity contribution in [2.24, 2.45) is 7.05 Å². The summed E-state index contributed by atoms with van der Waals surface area (Å²) in [6.45, 7) is 8.80. The quantitative estimate of drug-likeness (QED) is 0.886. The predicted molar refractivity (Wildman–Crippen MR) is 82.5 cm³/mol. The molecule has 2 heterocycles. The van der Waals surface area contributed by atoms with E-state index in [2.05, 4.69) is 34.2 Å². The highest BCUT2D eigenvalue weighted by molar-refractivity contribution is 5.42. The number of ether oxygens (including phenoxy) is 1. The van der Waals surface area contributed by atoms with E-state index in [9.17, 15) is 0 Å². The minimum absolute atomic E-state index is 0.170. The van der Waals surface area contributed by atoms with E-state index in [1.165, 1.54) is 17.6 Å². The van der Waals surface area contributed by atoms with E-state index >= 15 is 0 Å². The van der Waals surface area contributed by atoms with Gasteiger partial charge in [0.1, 0.15) is 12.1 Å². The first-order valence-corrected chi connectivity index (χ1v) is 7.28. The Balaban J connectivity index is 2.25. The van der Waals surface area contributed by atoms with Gasteiger partial charge in [0.15, 0.2) is 0 Å². The Hall–Kier alpha value is -2.11. The van der Waals surface area contributed by atoms with Gasteiger partial charge in [0.2, 0.25) is 5.88 Å². The van der Waals surface area contributed by atoms with Crippen molar-refractivity contribution < 1.29 is 4.74 Å². The summed E-state index contributed by atoms with van der Waals surface area (Å²) in [6.07, 6.45) is 2.46. The van der Waals surface area contributed by atoms with Gasteiger partial charge in [-0.1, -0.05) is 6.92 Å². The molecule has 0 saturated carbocycles. The number of nitrogens with one attached hydrogen (secondary N) is 1. The Labute approximate surface area is 125 Å². The lowest BCUT2D eigenvalue weighted by Gasteiger charge is -2.18. The van der Waals surface area contributed by atoms with Gasteiger partial charge < -0.3 is 10.1 Å². The van der Waals surface area contributed by atoms with E-state index in [4.69, 9.17) is 4.74 Å². The summed E-state index contributed by atoms with van der Waals surface area (Å²) in [6, 6.07) is 2.00. The molecule has 0 saturated heterocycles. The number of hydrogen-bond acceptors (Lipinski definition) is 5. The Morgan fingerprint density at radius 3 is 2.62 bits per heavy atom. The summed E-state index contributed by atoms with van der Waals surface area (Å²) in [5, 5.41) is 7.94. The second kappa shape index (κ2) is 6.56. The summed E-state index contributed by atoms with van der Waals surface area (Å²) in [5.41, 5.74) is 3.45. The fourth-order valence-corrected chi connectivity index (χ4v) is 2.50. The number of aromatic nitrogens is 4. The van der Waals surface area contributed by atoms with Gasteiger partial charge in [-0.3, -0.25) is 4.68 Å². The van der Waals surface area contributed by atoms with Crippen molar-refractivity contribution >= 4 is 5.82 Å². The van der Waals surface area contributed by atoms with Crippen molar-refractivity contribution in [1.29, 1.82) is 0 Å². The number of anilines is 1. The third-order valence-electron chi connectivity index (χ3n) is 3.58. The minimum Gasteiger partial charge on any atom is -0.478 e. The topological polar surface area (TPSA) is 64.9 Å². The third kappa shape index (κ3) is 3.32. The smallest absolute Gasteiger partial charge is 0.218 e. The van der Waals surface area contributed by atoms with Crippen molar-refractivity contribution in [3.63, 3.8) is 0 Å². The largest absolute Gasteiger partial charge is 0.478 e. The fraction of sp³-hybridized carbons (Fsp3) is 0.533. The number of rotatable bonds is 6. The molecular weight excluding hydrogens is 266 g/mol. The highest BCUT2D eigenvalue weighted by Gasteiger charge is 2.19. The van der Waals surface area contributed by atoms with Crippen LogP contribution < -0.4 is 10.1 Å². The van der Waals surface area contributed by atoms with Crippen molar-refractivity contribution in [2.75, 3.05) is 11.9 Å². The molecule has 6 heteroatoms. The molecule has 1 N–H and O–H groups in total. The molecule has 0 aliphatic heterocycles. The van der Waals surface area contributed by atoms with Crippen molar-refractivity contribution in [3.05, 3.63) is 29.3 Å². The highest BCUT2D eigenvalue weighted by Crippen LogP contribution is 2.27. The van der Waals surface area contributed by atoms with E-state index in [1.54, 1.807) is 0 Å². The normalized spacial score (nSPS) is 12.2. The lowest BCUT2D eigenvalue weighted by molar-refractivity contribution is 0.326. The molecule has 114 valence electrons. The van der Waals surface area contributed by atoms with Crippen LogP contribution in [0.5, 0.6) is 5.88 Å². The van der Waals surface area contributed by atoms with Crippen LogP contribution in [-0.4, -0.2) is 26.4 Å². The molecule has 0 aromatic carbocycles. The molecule has 6 nitrogen and oxygen atoms in total. The summed E-state index contributed by atoms with van der Waals surface area (Å²) in [4.78, 5) is 8.36. The minimum atomic E-state index is 0.170. The van der Waals surface area contributed by atoms with Crippen molar-refractivity contribution in [1.82, 2.24) is 19.7 Å². The number of nitrogens with zero attached hydrogens (tertiary/aromatic N) is 4. The second-order valence-corrected chi connectivity index (χ2v) is 4.99. The van der Waals surface area contributed by atoms with Crippen LogP contribution in [0.25, 0.3) is 0 Å². The molecule has 0 radical (unpaired) electrons. The molecule has 2 rings (SSSR count). The first-order chi connectivity index (χ1) is 10.1. The molecule has 0 aliphatic carbocycles. The number of hydrogen-bond donors (Lipinski definition) is 1. The average Bonchev–Trinajstić information content (AvgIpc) is 2.71. The number of aryl methyl sites for hydroxylation is 2. The Bertz CT molecular complexity index is 608. The summed E-state index contributed by atoms with van der Waals surface area (Å²) >= 11 is 0. The van der Waals surface area contributed by atoms with E-state index in [0.717, 1.165) is 17.9 Å². The third-order valence-corrected chi connectivity index (χ3v) is 3.58. The summed E-state index contributed by atoms with van der Waals surface area (Å²) in [7, 11) is 1.97. The van der Waals surface area contributed by atoms with E-state index in [0.29, 0.717) is 12.5 Å². The van der Waals surface area contributed by atoms with Gasteiger partial charge in [0.05, 0.1) is 18.3 Å². The lowest BCUT2D eigenvalue weighted by Crippen LogP contribution is -2.13. The van der Waals surface area contributed by atoms with Gasteiger partial charge in [-0.25, -0.2) is 9.97 Å². The van der Waals surface area contributed by atoms with Gasteiger partial charge >= 0.3 is 0 Å². The Morgan fingerprint density at radius 1 is 1.29 bits per heavy atom. The zero-order valence-electron chi connectivity index (χ0n) is 13.3. The van der Waals surface area contributed by atoms with Gasteiger partial charge in [-0.05, 0) is 27.2 Å². The van der Waals surface area contributed by atoms with Gasteiger partial charge in [-0.15, -0.1) is 0 Å². The molecule has 0 bridgehead atoms. The SMILES string of the molecule is CCOc1cc(NC(CC)c2c(C)nn(C)c2C)ncn1. The lowest BCUT2D eigenvalue weighted by atomic mass is 10.0. The molecule has 0 spiro atoms. The standard InChI is InChI=1S/C15H23N5O/c1-6-12(15-10(3)19-20(5)11(15)4)18-13-8-14(21-7-2)17-9-16-13/h8-9,12H,6-7H2,1-5H3,(H,16,17,18). The van der Waals surface area contributed by atoms with Crippen LogP contribution >= 0.6 is 0 Å². The van der Waals surface area contributed by atoms with Crippen LogP contribution in [-0.2, 0) is 7.05 Å². The van der Waals surface area contributed by atoms with Crippen LogP contribution in [0.1, 0.15) is 43.3 Å². The molecule has 0 fully saturated rings. The maximum atomic E-state index is 5.41. The van der Waals surface area contributed by atoms with Crippen LogP contribution in [0, 0.1) is 13.8 Å². The summed E-state index contributed by atoms with van der Waals surface area (Å²) in [5.74, 6) is 1.35. The monoisotopic (exact) mass is 289 g/mol. The van der Waals surface area contributed by atoms with Crippen LogP contribution in [0.3, 0.4) is 0 Å². The van der Waals surface area contributed by atoms with Crippen LogP contribution in [0.2, 0.25) is 0 Å². The molecule has 1 unspecified atom stereocenters. The zero-order chi connectivity index (χ0) is 15.4. The maximum Gasteiger partial charge on any atom is 0.218 e. The molecular formula is C15H23N5O. The zero-order valence-corrected chi connectivity index (χ0v) is 13.3. The average molecular weight is 289 g/mol. The van der Waals surface area contributed by atoms with Crippen LogP contribution in [0.4, 0.5) is 5.82 Å². The predicted octanol–water partition coefficient (Wildman–Crippen LogP) is 2.79. The summed E-state index contributed by atoms with van der Waals surface area (Å²) < 4.78 is 7.33. The molecule has 2 aromatic rings. The molecule has 0 aliphatic rings. The molecule has 0 amide bonds.